The summed E-state index contributed by atoms with van der Waals surface area (Å²) in [6.45, 7) is 4.72. The lowest BCUT2D eigenvalue weighted by Gasteiger charge is -2.46. The SMILES string of the molecule is CC(C)N(C[C@H]1O[C@@H](N)[C@H](O)[C@@H]1O)C1CC(CCC2Nc3ccc(OC(F)(F)F)cc3N2)C1. The molecule has 6 N–H and O–H groups in total. The van der Waals surface area contributed by atoms with Gasteiger partial charge in [0.2, 0.25) is 0 Å². The summed E-state index contributed by atoms with van der Waals surface area (Å²) in [6.07, 6.45) is -4.28. The molecule has 0 radical (unpaired) electrons. The maximum absolute atomic E-state index is 12.4. The van der Waals surface area contributed by atoms with Gasteiger partial charge in [-0.15, -0.1) is 13.2 Å². The molecule has 186 valence electrons. The van der Waals surface area contributed by atoms with Crippen LogP contribution in [0.3, 0.4) is 0 Å². The zero-order chi connectivity index (χ0) is 23.9. The van der Waals surface area contributed by atoms with Crippen molar-refractivity contribution in [2.75, 3.05) is 17.2 Å². The number of ether oxygens (including phenoxy) is 2. The Labute approximate surface area is 191 Å². The third-order valence-corrected chi connectivity index (χ3v) is 6.88. The normalized spacial score (nSPS) is 33.6. The number of alkyl halides is 3. The van der Waals surface area contributed by atoms with Crippen molar-refractivity contribution >= 4 is 11.4 Å². The van der Waals surface area contributed by atoms with Gasteiger partial charge in [-0.25, -0.2) is 0 Å². The second-order valence-electron chi connectivity index (χ2n) is 9.58. The number of aliphatic hydroxyl groups is 2. The van der Waals surface area contributed by atoms with Gasteiger partial charge in [-0.3, -0.25) is 4.90 Å². The van der Waals surface area contributed by atoms with Crippen molar-refractivity contribution in [1.29, 1.82) is 0 Å². The first kappa shape index (κ1) is 24.3. The van der Waals surface area contributed by atoms with Crippen LogP contribution in [0.5, 0.6) is 5.75 Å². The molecule has 1 saturated heterocycles. The van der Waals surface area contributed by atoms with Gasteiger partial charge in [0.25, 0.3) is 0 Å². The lowest BCUT2D eigenvalue weighted by Crippen LogP contribution is -2.52. The standard InChI is InChI=1S/C22H33F3N4O4/c1-11(2)29(10-17-19(30)20(31)21(26)32-17)13-7-12(8-13)3-6-18-27-15-5-4-14(9-16(15)28-18)33-22(23,24)25/h4-5,9,11-13,17-21,27-28,30-31H,3,6-8,10,26H2,1-2H3/t12?,13?,17-,18?,19-,20-,21-/m1/s1. The van der Waals surface area contributed by atoms with Crippen LogP contribution < -0.4 is 21.1 Å². The summed E-state index contributed by atoms with van der Waals surface area (Å²) < 4.78 is 46.8. The molecule has 1 aliphatic carbocycles. The molecule has 0 bridgehead atoms. The number of anilines is 2. The fourth-order valence-corrected chi connectivity index (χ4v) is 5.05. The maximum atomic E-state index is 12.4. The fourth-order valence-electron chi connectivity index (χ4n) is 5.05. The van der Waals surface area contributed by atoms with Crippen LogP contribution in [0.1, 0.15) is 39.5 Å². The van der Waals surface area contributed by atoms with Crippen LogP contribution in [0.15, 0.2) is 18.2 Å². The highest BCUT2D eigenvalue weighted by Crippen LogP contribution is 2.39. The summed E-state index contributed by atoms with van der Waals surface area (Å²) in [7, 11) is 0. The van der Waals surface area contributed by atoms with Crippen LogP contribution >= 0.6 is 0 Å². The first-order valence-corrected chi connectivity index (χ1v) is 11.5. The Hall–Kier alpha value is -1.79. The van der Waals surface area contributed by atoms with Crippen molar-refractivity contribution in [2.24, 2.45) is 11.7 Å². The van der Waals surface area contributed by atoms with Crippen molar-refractivity contribution in [2.45, 2.75) is 88.7 Å². The van der Waals surface area contributed by atoms with E-state index in [-0.39, 0.29) is 18.0 Å². The average Bonchev–Trinajstić information content (AvgIpc) is 3.19. The number of nitrogens with one attached hydrogen (secondary N) is 2. The van der Waals surface area contributed by atoms with Crippen molar-refractivity contribution in [3.8, 4) is 5.75 Å². The van der Waals surface area contributed by atoms with E-state index in [0.717, 1.165) is 31.4 Å². The molecule has 8 nitrogen and oxygen atoms in total. The number of aliphatic hydroxyl groups excluding tert-OH is 2. The van der Waals surface area contributed by atoms with E-state index < -0.39 is 30.9 Å². The highest BCUT2D eigenvalue weighted by atomic mass is 19.4. The topological polar surface area (TPSA) is 112 Å². The van der Waals surface area contributed by atoms with Gasteiger partial charge in [0, 0.05) is 24.7 Å². The molecule has 0 amide bonds. The highest BCUT2D eigenvalue weighted by molar-refractivity contribution is 5.75. The molecule has 1 saturated carbocycles. The van der Waals surface area contributed by atoms with E-state index in [1.807, 2.05) is 0 Å². The van der Waals surface area contributed by atoms with Gasteiger partial charge in [0.15, 0.2) is 0 Å². The number of halogens is 3. The molecule has 1 unspecified atom stereocenters. The molecular formula is C22H33F3N4O4. The highest BCUT2D eigenvalue weighted by Gasteiger charge is 2.44. The molecule has 0 spiro atoms. The quantitative estimate of drug-likeness (QED) is 0.391. The maximum Gasteiger partial charge on any atom is 0.573 e. The summed E-state index contributed by atoms with van der Waals surface area (Å²) in [4.78, 5) is 2.30. The van der Waals surface area contributed by atoms with E-state index in [4.69, 9.17) is 10.5 Å². The van der Waals surface area contributed by atoms with Crippen molar-refractivity contribution in [3.05, 3.63) is 18.2 Å². The van der Waals surface area contributed by atoms with Gasteiger partial charge in [-0.05, 0) is 57.6 Å². The Bertz CT molecular complexity index is 821. The first-order valence-electron chi connectivity index (χ1n) is 11.5. The van der Waals surface area contributed by atoms with Crippen LogP contribution in [0.4, 0.5) is 24.5 Å². The van der Waals surface area contributed by atoms with E-state index >= 15 is 0 Å². The molecule has 2 heterocycles. The number of hydrogen-bond acceptors (Lipinski definition) is 8. The fraction of sp³-hybridized carbons (Fsp3) is 0.727. The zero-order valence-corrected chi connectivity index (χ0v) is 18.8. The Morgan fingerprint density at radius 3 is 2.45 bits per heavy atom. The molecular weight excluding hydrogens is 441 g/mol. The van der Waals surface area contributed by atoms with Crippen molar-refractivity contribution in [1.82, 2.24) is 4.90 Å². The van der Waals surface area contributed by atoms with E-state index in [1.165, 1.54) is 12.1 Å². The number of nitrogens with zero attached hydrogens (tertiary/aromatic N) is 1. The Morgan fingerprint density at radius 2 is 1.85 bits per heavy atom. The Kier molecular flexibility index (Phi) is 6.97. The van der Waals surface area contributed by atoms with E-state index in [0.29, 0.717) is 24.2 Å². The van der Waals surface area contributed by atoms with Gasteiger partial charge in [-0.2, -0.15) is 0 Å². The van der Waals surface area contributed by atoms with Crippen LogP contribution in [-0.2, 0) is 4.74 Å². The number of hydrogen-bond donors (Lipinski definition) is 5. The second kappa shape index (κ2) is 9.46. The van der Waals surface area contributed by atoms with Crippen molar-refractivity contribution in [3.63, 3.8) is 0 Å². The molecule has 2 aliphatic heterocycles. The Morgan fingerprint density at radius 1 is 1.15 bits per heavy atom. The molecule has 1 aromatic carbocycles. The lowest BCUT2D eigenvalue weighted by molar-refractivity contribution is -0.274. The number of rotatable bonds is 8. The first-order chi connectivity index (χ1) is 15.5. The summed E-state index contributed by atoms with van der Waals surface area (Å²) in [6, 6.07) is 4.89. The van der Waals surface area contributed by atoms with E-state index in [1.54, 1.807) is 6.07 Å². The zero-order valence-electron chi connectivity index (χ0n) is 18.8. The summed E-state index contributed by atoms with van der Waals surface area (Å²) in [5.74, 6) is 0.312. The molecule has 11 heteroatoms. The molecule has 3 aliphatic rings. The van der Waals surface area contributed by atoms with Gasteiger partial charge in [0.1, 0.15) is 30.3 Å². The average molecular weight is 475 g/mol. The van der Waals surface area contributed by atoms with Crippen LogP contribution in [0, 0.1) is 5.92 Å². The smallest absolute Gasteiger partial charge is 0.406 e. The predicted octanol–water partition coefficient (Wildman–Crippen LogP) is 2.42. The third kappa shape index (κ3) is 5.65. The lowest BCUT2D eigenvalue weighted by atomic mass is 9.76. The van der Waals surface area contributed by atoms with Crippen LogP contribution in [0.2, 0.25) is 0 Å². The van der Waals surface area contributed by atoms with Gasteiger partial charge < -0.3 is 36.1 Å². The Balaban J connectivity index is 1.22. The molecule has 4 rings (SSSR count). The predicted molar refractivity (Wildman–Crippen MR) is 117 cm³/mol. The third-order valence-electron chi connectivity index (χ3n) is 6.88. The molecule has 5 atom stereocenters. The van der Waals surface area contributed by atoms with E-state index in [2.05, 4.69) is 34.1 Å². The minimum atomic E-state index is -4.71. The summed E-state index contributed by atoms with van der Waals surface area (Å²) in [5, 5.41) is 26.6. The molecule has 0 aromatic heterocycles. The van der Waals surface area contributed by atoms with E-state index in [9.17, 15) is 23.4 Å². The van der Waals surface area contributed by atoms with Gasteiger partial charge in [0.05, 0.1) is 17.5 Å². The molecule has 33 heavy (non-hydrogen) atoms. The largest absolute Gasteiger partial charge is 0.573 e. The minimum Gasteiger partial charge on any atom is -0.406 e. The second-order valence-corrected chi connectivity index (χ2v) is 9.58. The monoisotopic (exact) mass is 474 g/mol. The minimum absolute atomic E-state index is 0.0357. The number of benzene rings is 1. The van der Waals surface area contributed by atoms with Crippen LogP contribution in [-0.4, -0.2) is 70.8 Å². The summed E-state index contributed by atoms with van der Waals surface area (Å²) in [5.41, 5.74) is 7.07. The summed E-state index contributed by atoms with van der Waals surface area (Å²) >= 11 is 0. The number of nitrogens with two attached hydrogens (primary N) is 1. The molecule has 2 fully saturated rings. The number of fused-ring (bicyclic) bond motifs is 1. The van der Waals surface area contributed by atoms with Crippen molar-refractivity contribution < 1.29 is 32.9 Å². The van der Waals surface area contributed by atoms with Gasteiger partial charge >= 0.3 is 6.36 Å². The van der Waals surface area contributed by atoms with Crippen LogP contribution in [0.25, 0.3) is 0 Å². The molecule has 1 aromatic rings. The van der Waals surface area contributed by atoms with Gasteiger partial charge in [-0.1, -0.05) is 0 Å².